The van der Waals surface area contributed by atoms with Gasteiger partial charge in [-0.2, -0.15) is 10.2 Å². The molecular weight excluding hydrogens is 259 g/mol. The van der Waals surface area contributed by atoms with Crippen LogP contribution in [0, 0.1) is 12.7 Å². The van der Waals surface area contributed by atoms with Crippen LogP contribution in [-0.2, 0) is 6.42 Å². The lowest BCUT2D eigenvalue weighted by Crippen LogP contribution is -2.09. The molecule has 0 spiro atoms. The summed E-state index contributed by atoms with van der Waals surface area (Å²) >= 11 is 0. The molecule has 20 heavy (non-hydrogen) atoms. The van der Waals surface area contributed by atoms with Crippen molar-refractivity contribution in [1.82, 2.24) is 10.2 Å². The number of nitrogens with zero attached hydrogens (tertiary/aromatic N) is 2. The Labute approximate surface area is 117 Å². The lowest BCUT2D eigenvalue weighted by atomic mass is 9.98. The number of halogens is 1. The second kappa shape index (κ2) is 5.96. The first-order chi connectivity index (χ1) is 9.58. The highest BCUT2D eigenvalue weighted by atomic mass is 19.1. The van der Waals surface area contributed by atoms with Gasteiger partial charge in [0.25, 0.3) is 0 Å². The largest absolute Gasteiger partial charge is 0.494 e. The zero-order valence-electron chi connectivity index (χ0n) is 11.7. The van der Waals surface area contributed by atoms with Crippen LogP contribution in [-0.4, -0.2) is 22.4 Å². The lowest BCUT2D eigenvalue weighted by molar-refractivity contribution is 0.211. The van der Waals surface area contributed by atoms with Crippen LogP contribution < -0.4 is 4.74 Å². The van der Waals surface area contributed by atoms with Gasteiger partial charge in [0.1, 0.15) is 6.10 Å². The molecule has 1 aromatic carbocycles. The molecule has 4 nitrogen and oxygen atoms in total. The topological polar surface area (TPSA) is 55.2 Å². The van der Waals surface area contributed by atoms with Gasteiger partial charge in [0, 0.05) is 11.1 Å². The van der Waals surface area contributed by atoms with E-state index in [0.717, 1.165) is 0 Å². The Hall–Kier alpha value is -2.01. The predicted octanol–water partition coefficient (Wildman–Crippen LogP) is 2.58. The number of hydrogen-bond donors (Lipinski definition) is 1. The summed E-state index contributed by atoms with van der Waals surface area (Å²) in [6.45, 7) is 3.70. The van der Waals surface area contributed by atoms with Gasteiger partial charge in [-0.3, -0.25) is 0 Å². The molecule has 0 aliphatic heterocycles. The molecule has 0 radical (unpaired) electrons. The second-order valence-corrected chi connectivity index (χ2v) is 4.51. The summed E-state index contributed by atoms with van der Waals surface area (Å²) in [4.78, 5) is 0. The summed E-state index contributed by atoms with van der Waals surface area (Å²) in [5.74, 6) is -0.447. The number of hydrogen-bond acceptors (Lipinski definition) is 4. The standard InChI is InChI=1S/C15H17FN2O2/c1-4-12-11(8-9(2)17-18-12)15(19)10-6-5-7-13(20-3)14(10)16/h5-8,15,19H,4H2,1-3H3. The maximum atomic E-state index is 14.2. The highest BCUT2D eigenvalue weighted by Crippen LogP contribution is 2.30. The summed E-state index contributed by atoms with van der Waals surface area (Å²) in [6.07, 6.45) is -0.472. The van der Waals surface area contributed by atoms with E-state index < -0.39 is 11.9 Å². The van der Waals surface area contributed by atoms with E-state index in [1.54, 1.807) is 19.1 Å². The Morgan fingerprint density at radius 1 is 1.30 bits per heavy atom. The van der Waals surface area contributed by atoms with Crippen molar-refractivity contribution in [3.05, 3.63) is 52.6 Å². The van der Waals surface area contributed by atoms with Crippen molar-refractivity contribution in [2.75, 3.05) is 7.11 Å². The maximum absolute atomic E-state index is 14.2. The average molecular weight is 276 g/mol. The van der Waals surface area contributed by atoms with Crippen molar-refractivity contribution < 1.29 is 14.2 Å². The Balaban J connectivity index is 2.51. The number of ether oxygens (including phenoxy) is 1. The second-order valence-electron chi connectivity index (χ2n) is 4.51. The number of methoxy groups -OCH3 is 1. The van der Waals surface area contributed by atoms with Gasteiger partial charge < -0.3 is 9.84 Å². The highest BCUT2D eigenvalue weighted by molar-refractivity contribution is 5.38. The third-order valence-corrected chi connectivity index (χ3v) is 3.16. The molecule has 0 fully saturated rings. The van der Waals surface area contributed by atoms with E-state index in [1.807, 2.05) is 6.92 Å². The number of benzene rings is 1. The molecule has 0 bridgehead atoms. The van der Waals surface area contributed by atoms with Crippen LogP contribution in [0.3, 0.4) is 0 Å². The first-order valence-corrected chi connectivity index (χ1v) is 6.42. The molecule has 2 aromatic rings. The molecule has 0 aliphatic rings. The first kappa shape index (κ1) is 14.4. The summed E-state index contributed by atoms with van der Waals surface area (Å²) in [5, 5.41) is 18.5. The molecule has 1 N–H and O–H groups in total. The van der Waals surface area contributed by atoms with Gasteiger partial charge in [0.05, 0.1) is 18.5 Å². The van der Waals surface area contributed by atoms with Crippen LogP contribution in [0.25, 0.3) is 0 Å². The fourth-order valence-corrected chi connectivity index (χ4v) is 2.11. The van der Waals surface area contributed by atoms with E-state index in [4.69, 9.17) is 4.74 Å². The van der Waals surface area contributed by atoms with Crippen molar-refractivity contribution in [2.45, 2.75) is 26.4 Å². The summed E-state index contributed by atoms with van der Waals surface area (Å²) < 4.78 is 19.2. The van der Waals surface area contributed by atoms with Gasteiger partial charge >= 0.3 is 0 Å². The van der Waals surface area contributed by atoms with Crippen molar-refractivity contribution in [3.63, 3.8) is 0 Å². The van der Waals surface area contributed by atoms with E-state index >= 15 is 0 Å². The van der Waals surface area contributed by atoms with Crippen LogP contribution in [0.15, 0.2) is 24.3 Å². The van der Waals surface area contributed by atoms with Crippen molar-refractivity contribution in [3.8, 4) is 5.75 Å². The summed E-state index contributed by atoms with van der Waals surface area (Å²) in [5.41, 5.74) is 2.09. The molecule has 1 aromatic heterocycles. The lowest BCUT2D eigenvalue weighted by Gasteiger charge is -2.16. The van der Waals surface area contributed by atoms with Crippen molar-refractivity contribution >= 4 is 0 Å². The molecule has 1 atom stereocenters. The zero-order chi connectivity index (χ0) is 14.7. The van der Waals surface area contributed by atoms with Crippen molar-refractivity contribution in [2.24, 2.45) is 0 Å². The Kier molecular flexibility index (Phi) is 4.29. The molecule has 0 saturated heterocycles. The Bertz CT molecular complexity index is 617. The van der Waals surface area contributed by atoms with E-state index in [9.17, 15) is 9.50 Å². The molecule has 1 unspecified atom stereocenters. The monoisotopic (exact) mass is 276 g/mol. The number of aliphatic hydroxyl groups is 1. The molecule has 0 saturated carbocycles. The third kappa shape index (κ3) is 2.63. The van der Waals surface area contributed by atoms with Crippen LogP contribution in [0.1, 0.15) is 35.5 Å². The number of rotatable bonds is 4. The van der Waals surface area contributed by atoms with E-state index in [0.29, 0.717) is 23.4 Å². The van der Waals surface area contributed by atoms with Crippen LogP contribution >= 0.6 is 0 Å². The predicted molar refractivity (Wildman–Crippen MR) is 73.2 cm³/mol. The van der Waals surface area contributed by atoms with Gasteiger partial charge in [-0.25, -0.2) is 4.39 Å². The van der Waals surface area contributed by atoms with Gasteiger partial charge in [0.2, 0.25) is 0 Å². The molecule has 0 aliphatic carbocycles. The number of aromatic nitrogens is 2. The summed E-state index contributed by atoms with van der Waals surface area (Å²) in [7, 11) is 1.39. The van der Waals surface area contributed by atoms with Gasteiger partial charge in [0.15, 0.2) is 11.6 Å². The average Bonchev–Trinajstić information content (AvgIpc) is 2.46. The Morgan fingerprint density at radius 2 is 2.05 bits per heavy atom. The minimum Gasteiger partial charge on any atom is -0.494 e. The SMILES string of the molecule is CCc1nnc(C)cc1C(O)c1cccc(OC)c1F. The van der Waals surface area contributed by atoms with Gasteiger partial charge in [-0.15, -0.1) is 0 Å². The summed E-state index contributed by atoms with van der Waals surface area (Å²) in [6, 6.07) is 6.43. The molecule has 5 heteroatoms. The Morgan fingerprint density at radius 3 is 2.70 bits per heavy atom. The molecular formula is C15H17FN2O2. The maximum Gasteiger partial charge on any atom is 0.171 e. The molecule has 2 rings (SSSR count). The minimum absolute atomic E-state index is 0.110. The minimum atomic E-state index is -1.09. The van der Waals surface area contributed by atoms with E-state index in [-0.39, 0.29) is 11.3 Å². The van der Waals surface area contributed by atoms with E-state index in [2.05, 4.69) is 10.2 Å². The van der Waals surface area contributed by atoms with Gasteiger partial charge in [-0.05, 0) is 25.5 Å². The van der Waals surface area contributed by atoms with Gasteiger partial charge in [-0.1, -0.05) is 19.1 Å². The number of aliphatic hydroxyl groups excluding tert-OH is 1. The van der Waals surface area contributed by atoms with Crippen LogP contribution in [0.4, 0.5) is 4.39 Å². The molecule has 106 valence electrons. The smallest absolute Gasteiger partial charge is 0.171 e. The van der Waals surface area contributed by atoms with Crippen molar-refractivity contribution in [1.29, 1.82) is 0 Å². The highest BCUT2D eigenvalue weighted by Gasteiger charge is 2.21. The third-order valence-electron chi connectivity index (χ3n) is 3.16. The molecule has 0 amide bonds. The van der Waals surface area contributed by atoms with Crippen LogP contribution in [0.5, 0.6) is 5.75 Å². The zero-order valence-corrected chi connectivity index (χ0v) is 11.7. The van der Waals surface area contributed by atoms with Crippen LogP contribution in [0.2, 0.25) is 0 Å². The quantitative estimate of drug-likeness (QED) is 0.932. The number of aryl methyl sites for hydroxylation is 2. The normalized spacial score (nSPS) is 12.2. The van der Waals surface area contributed by atoms with E-state index in [1.165, 1.54) is 19.2 Å². The fourth-order valence-electron chi connectivity index (χ4n) is 2.11. The first-order valence-electron chi connectivity index (χ1n) is 6.42. The fraction of sp³-hybridized carbons (Fsp3) is 0.333. The molecule has 1 heterocycles.